The maximum absolute atomic E-state index is 12.6. The lowest BCUT2D eigenvalue weighted by atomic mass is 10.2. The van der Waals surface area contributed by atoms with E-state index in [1.54, 1.807) is 18.3 Å². The summed E-state index contributed by atoms with van der Waals surface area (Å²) in [6, 6.07) is 12.7. The van der Waals surface area contributed by atoms with Crippen molar-refractivity contribution in [3.05, 3.63) is 82.4 Å². The average molecular weight is 397 g/mol. The van der Waals surface area contributed by atoms with Crippen LogP contribution in [0, 0.1) is 13.8 Å². The number of halogens is 1. The molecule has 3 rings (SSSR count). The Morgan fingerprint density at radius 3 is 2.46 bits per heavy atom. The molecular weight excluding hydrogens is 376 g/mol. The van der Waals surface area contributed by atoms with E-state index in [4.69, 9.17) is 11.6 Å². The van der Waals surface area contributed by atoms with Crippen LogP contribution in [0.25, 0.3) is 5.69 Å². The number of aromatic nitrogens is 2. The van der Waals surface area contributed by atoms with E-state index in [1.165, 1.54) is 6.20 Å². The normalized spacial score (nSPS) is 10.5. The number of carbonyl (C=O) groups is 2. The van der Waals surface area contributed by atoms with Gasteiger partial charge in [0.15, 0.2) is 0 Å². The number of amides is 2. The first-order valence-electron chi connectivity index (χ1n) is 8.88. The number of hydrogen-bond donors (Lipinski definition) is 2. The molecule has 3 aromatic rings. The maximum Gasteiger partial charge on any atom is 0.253 e. The molecule has 0 radical (unpaired) electrons. The number of rotatable bonds is 6. The highest BCUT2D eigenvalue weighted by molar-refractivity contribution is 6.30. The highest BCUT2D eigenvalue weighted by atomic mass is 35.5. The van der Waals surface area contributed by atoms with Gasteiger partial charge in [-0.1, -0.05) is 17.7 Å². The third-order valence-electron chi connectivity index (χ3n) is 4.36. The van der Waals surface area contributed by atoms with Crippen molar-refractivity contribution < 1.29 is 9.59 Å². The third-order valence-corrected chi connectivity index (χ3v) is 4.60. The van der Waals surface area contributed by atoms with Crippen LogP contribution in [0.1, 0.15) is 32.1 Å². The van der Waals surface area contributed by atoms with E-state index in [2.05, 4.69) is 15.6 Å². The van der Waals surface area contributed by atoms with E-state index in [1.807, 2.05) is 48.7 Å². The minimum Gasteiger partial charge on any atom is -0.350 e. The maximum atomic E-state index is 12.6. The van der Waals surface area contributed by atoms with Gasteiger partial charge in [-0.15, -0.1) is 0 Å². The minimum atomic E-state index is -0.221. The monoisotopic (exact) mass is 396 g/mol. The topological polar surface area (TPSA) is 76.0 Å². The summed E-state index contributed by atoms with van der Waals surface area (Å²) in [5.74, 6) is -0.404. The average Bonchev–Trinajstić information content (AvgIpc) is 2.99. The van der Waals surface area contributed by atoms with Crippen LogP contribution in [0.3, 0.4) is 0 Å². The van der Waals surface area contributed by atoms with Gasteiger partial charge < -0.3 is 15.2 Å². The van der Waals surface area contributed by atoms with Crippen LogP contribution in [0.5, 0.6) is 0 Å². The van der Waals surface area contributed by atoms with E-state index < -0.39 is 0 Å². The number of benzene rings is 1. The summed E-state index contributed by atoms with van der Waals surface area (Å²) >= 11 is 6.09. The summed E-state index contributed by atoms with van der Waals surface area (Å²) in [6.45, 7) is 4.49. The van der Waals surface area contributed by atoms with Crippen molar-refractivity contribution in [2.24, 2.45) is 0 Å². The molecule has 0 saturated carbocycles. The first-order valence-corrected chi connectivity index (χ1v) is 9.26. The van der Waals surface area contributed by atoms with Crippen molar-refractivity contribution in [3.63, 3.8) is 0 Å². The van der Waals surface area contributed by atoms with Crippen LogP contribution in [0.15, 0.2) is 54.9 Å². The molecular formula is C21H21ClN4O2. The predicted molar refractivity (Wildman–Crippen MR) is 109 cm³/mol. The molecule has 1 aromatic carbocycles. The molecule has 0 spiro atoms. The Bertz CT molecular complexity index is 999. The Morgan fingerprint density at radius 1 is 1.04 bits per heavy atom. The Kier molecular flexibility index (Phi) is 6.11. The molecule has 2 heterocycles. The third kappa shape index (κ3) is 4.40. The highest BCUT2D eigenvalue weighted by Crippen LogP contribution is 2.22. The second-order valence-corrected chi connectivity index (χ2v) is 6.79. The number of nitrogens with one attached hydrogen (secondary N) is 2. The number of pyridine rings is 1. The van der Waals surface area contributed by atoms with Crippen LogP contribution < -0.4 is 10.6 Å². The van der Waals surface area contributed by atoms with Gasteiger partial charge in [0.05, 0.1) is 11.1 Å². The zero-order valence-electron chi connectivity index (χ0n) is 15.7. The molecule has 6 nitrogen and oxygen atoms in total. The lowest BCUT2D eigenvalue weighted by molar-refractivity contribution is 0.0927. The summed E-state index contributed by atoms with van der Waals surface area (Å²) in [6.07, 6.45) is 3.11. The SMILES string of the molecule is Cc1cc(C(=O)NCCNC(=O)c2cccnc2)c(C)n1-c1cccc(Cl)c1. The molecule has 0 bridgehead atoms. The van der Waals surface area contributed by atoms with Crippen molar-refractivity contribution >= 4 is 23.4 Å². The van der Waals surface area contributed by atoms with Crippen molar-refractivity contribution in [2.75, 3.05) is 13.1 Å². The summed E-state index contributed by atoms with van der Waals surface area (Å²) < 4.78 is 1.99. The van der Waals surface area contributed by atoms with E-state index in [0.29, 0.717) is 29.2 Å². The summed E-state index contributed by atoms with van der Waals surface area (Å²) in [5, 5.41) is 6.24. The molecule has 0 atom stereocenters. The van der Waals surface area contributed by atoms with Crippen LogP contribution in [-0.2, 0) is 0 Å². The molecule has 0 saturated heterocycles. The second-order valence-electron chi connectivity index (χ2n) is 6.35. The Balaban J connectivity index is 1.61. The van der Waals surface area contributed by atoms with Gasteiger partial charge in [-0.25, -0.2) is 0 Å². The quantitative estimate of drug-likeness (QED) is 0.627. The van der Waals surface area contributed by atoms with Gasteiger partial charge in [-0.3, -0.25) is 14.6 Å². The largest absolute Gasteiger partial charge is 0.350 e. The van der Waals surface area contributed by atoms with Crippen molar-refractivity contribution in [1.29, 1.82) is 0 Å². The highest BCUT2D eigenvalue weighted by Gasteiger charge is 2.16. The smallest absolute Gasteiger partial charge is 0.253 e. The molecule has 2 aromatic heterocycles. The standard InChI is InChI=1S/C21H21ClN4O2/c1-14-11-19(15(2)26(14)18-7-3-6-17(22)12-18)21(28)25-10-9-24-20(27)16-5-4-8-23-13-16/h3-8,11-13H,9-10H2,1-2H3,(H,24,27)(H,25,28). The van der Waals surface area contributed by atoms with E-state index in [0.717, 1.165) is 17.1 Å². The molecule has 0 unspecified atom stereocenters. The molecule has 144 valence electrons. The number of hydrogen-bond acceptors (Lipinski definition) is 3. The van der Waals surface area contributed by atoms with Crippen LogP contribution in [0.2, 0.25) is 5.02 Å². The van der Waals surface area contributed by atoms with Crippen LogP contribution in [-0.4, -0.2) is 34.5 Å². The van der Waals surface area contributed by atoms with Gasteiger partial charge >= 0.3 is 0 Å². The van der Waals surface area contributed by atoms with Gasteiger partial charge in [0.25, 0.3) is 11.8 Å². The fraction of sp³-hybridized carbons (Fsp3) is 0.190. The zero-order chi connectivity index (χ0) is 20.1. The summed E-state index contributed by atoms with van der Waals surface area (Å²) in [5.41, 5.74) is 3.76. The molecule has 0 fully saturated rings. The molecule has 28 heavy (non-hydrogen) atoms. The van der Waals surface area contributed by atoms with Crippen molar-refractivity contribution in [1.82, 2.24) is 20.2 Å². The Labute approximate surface area is 168 Å². The van der Waals surface area contributed by atoms with Crippen molar-refractivity contribution in [2.45, 2.75) is 13.8 Å². The minimum absolute atomic E-state index is 0.183. The molecule has 2 N–H and O–H groups in total. The van der Waals surface area contributed by atoms with E-state index in [9.17, 15) is 9.59 Å². The first-order chi connectivity index (χ1) is 13.5. The molecule has 0 aliphatic rings. The second kappa shape index (κ2) is 8.71. The zero-order valence-corrected chi connectivity index (χ0v) is 16.5. The lowest BCUT2D eigenvalue weighted by Crippen LogP contribution is -2.34. The Morgan fingerprint density at radius 2 is 1.79 bits per heavy atom. The predicted octanol–water partition coefficient (Wildman–Crippen LogP) is 3.30. The first kappa shape index (κ1) is 19.6. The molecule has 7 heteroatoms. The molecule has 0 aliphatic heterocycles. The lowest BCUT2D eigenvalue weighted by Gasteiger charge is -2.11. The van der Waals surface area contributed by atoms with Crippen molar-refractivity contribution in [3.8, 4) is 5.69 Å². The van der Waals surface area contributed by atoms with Gasteiger partial charge in [-0.05, 0) is 50.2 Å². The Hall–Kier alpha value is -3.12. The summed E-state index contributed by atoms with van der Waals surface area (Å²) in [7, 11) is 0. The van der Waals surface area contributed by atoms with Gasteiger partial charge in [0, 0.05) is 47.6 Å². The molecule has 2 amide bonds. The molecule has 0 aliphatic carbocycles. The number of carbonyl (C=O) groups excluding carboxylic acids is 2. The number of nitrogens with zero attached hydrogens (tertiary/aromatic N) is 2. The van der Waals surface area contributed by atoms with Crippen LogP contribution in [0.4, 0.5) is 0 Å². The summed E-state index contributed by atoms with van der Waals surface area (Å²) in [4.78, 5) is 28.5. The van der Waals surface area contributed by atoms with E-state index >= 15 is 0 Å². The van der Waals surface area contributed by atoms with E-state index in [-0.39, 0.29) is 11.8 Å². The van der Waals surface area contributed by atoms with Gasteiger partial charge in [0.2, 0.25) is 0 Å². The van der Waals surface area contributed by atoms with Crippen LogP contribution >= 0.6 is 11.6 Å². The fourth-order valence-electron chi connectivity index (χ4n) is 3.05. The fourth-order valence-corrected chi connectivity index (χ4v) is 3.24. The van der Waals surface area contributed by atoms with Gasteiger partial charge in [-0.2, -0.15) is 0 Å². The number of aryl methyl sites for hydroxylation is 1. The van der Waals surface area contributed by atoms with Gasteiger partial charge in [0.1, 0.15) is 0 Å².